The summed E-state index contributed by atoms with van der Waals surface area (Å²) >= 11 is 7.14. The van der Waals surface area contributed by atoms with Gasteiger partial charge >= 0.3 is 6.18 Å². The highest BCUT2D eigenvalue weighted by Crippen LogP contribution is 2.39. The fraction of sp³-hybridized carbons (Fsp3) is 0.161. The average molecular weight is 660 g/mol. The van der Waals surface area contributed by atoms with Gasteiger partial charge in [0.2, 0.25) is 5.91 Å². The van der Waals surface area contributed by atoms with Crippen LogP contribution in [0, 0.1) is 0 Å². The van der Waals surface area contributed by atoms with Crippen molar-refractivity contribution in [2.75, 3.05) is 22.3 Å². The summed E-state index contributed by atoms with van der Waals surface area (Å²) in [5, 5.41) is 1.99. The predicted octanol–water partition coefficient (Wildman–Crippen LogP) is 7.23. The highest BCUT2D eigenvalue weighted by molar-refractivity contribution is 8.00. The molecular weight excluding hydrogens is 635 g/mol. The number of halogens is 4. The molecule has 0 spiro atoms. The Morgan fingerprint density at radius 2 is 1.59 bits per heavy atom. The third kappa shape index (κ3) is 7.37. The summed E-state index contributed by atoms with van der Waals surface area (Å²) in [5.41, 5.74) is 1.25. The Morgan fingerprint density at radius 3 is 2.25 bits per heavy atom. The van der Waals surface area contributed by atoms with Crippen molar-refractivity contribution < 1.29 is 31.2 Å². The summed E-state index contributed by atoms with van der Waals surface area (Å²) in [6.45, 7) is 0.582. The van der Waals surface area contributed by atoms with Crippen LogP contribution in [0.2, 0.25) is 5.02 Å². The zero-order chi connectivity index (χ0) is 31.5. The molecule has 1 heterocycles. The molecule has 5 rings (SSSR count). The van der Waals surface area contributed by atoms with Crippen molar-refractivity contribution in [3.8, 4) is 0 Å². The van der Waals surface area contributed by atoms with Crippen LogP contribution < -0.4 is 10.0 Å². The van der Waals surface area contributed by atoms with Crippen LogP contribution in [0.25, 0.3) is 0 Å². The SMILES string of the molecule is O=C(Nc1ccc(S(=O)(=O)Nc2ccc(Cl)c(C(F)(F)F)c2)cc1)c1ccc([C@@H]2SCC(=O)N2CCc2ccccc2)cc1. The number of nitrogens with zero attached hydrogens (tertiary/aromatic N) is 1. The number of hydrogen-bond donors (Lipinski definition) is 2. The molecule has 44 heavy (non-hydrogen) atoms. The van der Waals surface area contributed by atoms with E-state index in [1.165, 1.54) is 36.0 Å². The molecule has 7 nitrogen and oxygen atoms in total. The maximum atomic E-state index is 13.1. The van der Waals surface area contributed by atoms with Crippen molar-refractivity contribution in [3.05, 3.63) is 124 Å². The van der Waals surface area contributed by atoms with Crippen molar-refractivity contribution in [3.63, 3.8) is 0 Å². The number of nitrogens with one attached hydrogen (secondary N) is 2. The van der Waals surface area contributed by atoms with E-state index in [-0.39, 0.29) is 21.9 Å². The second-order valence-corrected chi connectivity index (χ2v) is 13.0. The van der Waals surface area contributed by atoms with Crippen LogP contribution in [0.4, 0.5) is 24.5 Å². The van der Waals surface area contributed by atoms with Gasteiger partial charge in [0.25, 0.3) is 15.9 Å². The van der Waals surface area contributed by atoms with Crippen molar-refractivity contribution in [2.24, 2.45) is 0 Å². The minimum Gasteiger partial charge on any atom is -0.326 e. The zero-order valence-corrected chi connectivity index (χ0v) is 25.2. The Morgan fingerprint density at radius 1 is 0.932 bits per heavy atom. The van der Waals surface area contributed by atoms with Gasteiger partial charge in [0.05, 0.1) is 21.2 Å². The number of amides is 2. The molecule has 4 aromatic rings. The quantitative estimate of drug-likeness (QED) is 0.198. The molecule has 13 heteroatoms. The number of carbonyl (C=O) groups excluding carboxylic acids is 2. The molecule has 0 aliphatic carbocycles. The Balaban J connectivity index is 1.21. The average Bonchev–Trinajstić information content (AvgIpc) is 3.37. The van der Waals surface area contributed by atoms with Gasteiger partial charge in [-0.2, -0.15) is 13.2 Å². The lowest BCUT2D eigenvalue weighted by Gasteiger charge is -2.24. The topological polar surface area (TPSA) is 95.6 Å². The van der Waals surface area contributed by atoms with Gasteiger partial charge in [-0.3, -0.25) is 14.3 Å². The predicted molar refractivity (Wildman–Crippen MR) is 165 cm³/mol. The first-order chi connectivity index (χ1) is 20.9. The maximum Gasteiger partial charge on any atom is 0.417 e. The lowest BCUT2D eigenvalue weighted by molar-refractivity contribution is -0.137. The fourth-order valence-corrected chi connectivity index (χ4v) is 7.10. The monoisotopic (exact) mass is 659 g/mol. The van der Waals surface area contributed by atoms with E-state index in [4.69, 9.17) is 11.6 Å². The van der Waals surface area contributed by atoms with E-state index in [9.17, 15) is 31.2 Å². The van der Waals surface area contributed by atoms with Gasteiger partial charge in [-0.05, 0) is 72.1 Å². The highest BCUT2D eigenvalue weighted by Gasteiger charge is 2.34. The van der Waals surface area contributed by atoms with Gasteiger partial charge in [0.1, 0.15) is 5.37 Å². The van der Waals surface area contributed by atoms with E-state index in [0.717, 1.165) is 29.7 Å². The molecule has 1 saturated heterocycles. The molecule has 0 aromatic heterocycles. The summed E-state index contributed by atoms with van der Waals surface area (Å²) < 4.78 is 67.1. The van der Waals surface area contributed by atoms with E-state index >= 15 is 0 Å². The second kappa shape index (κ2) is 12.9. The first kappa shape index (κ1) is 31.4. The second-order valence-electron chi connectivity index (χ2n) is 9.88. The van der Waals surface area contributed by atoms with E-state index < -0.39 is 32.7 Å². The van der Waals surface area contributed by atoms with Gasteiger partial charge < -0.3 is 10.2 Å². The van der Waals surface area contributed by atoms with E-state index in [0.29, 0.717) is 29.6 Å². The van der Waals surface area contributed by atoms with Crippen molar-refractivity contribution in [2.45, 2.75) is 22.9 Å². The summed E-state index contributed by atoms with van der Waals surface area (Å²) in [6, 6.07) is 24.8. The number of rotatable bonds is 9. The van der Waals surface area contributed by atoms with Gasteiger partial charge in [0, 0.05) is 23.5 Å². The van der Waals surface area contributed by atoms with Gasteiger partial charge in [-0.1, -0.05) is 54.1 Å². The number of alkyl halides is 3. The Labute approximate surface area is 261 Å². The Hall–Kier alpha value is -4.00. The molecule has 0 radical (unpaired) electrons. The van der Waals surface area contributed by atoms with Crippen molar-refractivity contribution in [1.82, 2.24) is 4.90 Å². The van der Waals surface area contributed by atoms with E-state index in [1.807, 2.05) is 47.4 Å². The third-order valence-corrected chi connectivity index (χ3v) is 9.84. The maximum absolute atomic E-state index is 13.1. The molecule has 228 valence electrons. The smallest absolute Gasteiger partial charge is 0.326 e. The minimum absolute atomic E-state index is 0.0673. The zero-order valence-electron chi connectivity index (χ0n) is 22.8. The van der Waals surface area contributed by atoms with Crippen LogP contribution >= 0.6 is 23.4 Å². The number of anilines is 2. The molecule has 1 aliphatic heterocycles. The molecule has 0 saturated carbocycles. The van der Waals surface area contributed by atoms with Crippen LogP contribution in [0.15, 0.2) is 102 Å². The lowest BCUT2D eigenvalue weighted by atomic mass is 10.1. The molecule has 1 fully saturated rings. The van der Waals surface area contributed by atoms with Crippen LogP contribution in [0.5, 0.6) is 0 Å². The largest absolute Gasteiger partial charge is 0.417 e. The van der Waals surface area contributed by atoms with Gasteiger partial charge in [-0.25, -0.2) is 8.42 Å². The first-order valence-electron chi connectivity index (χ1n) is 13.3. The number of benzene rings is 4. The van der Waals surface area contributed by atoms with E-state index in [2.05, 4.69) is 10.0 Å². The molecule has 0 unspecified atom stereocenters. The van der Waals surface area contributed by atoms with Crippen LogP contribution in [0.1, 0.15) is 32.4 Å². The molecule has 1 atom stereocenters. The first-order valence-corrected chi connectivity index (χ1v) is 16.2. The Bertz CT molecular complexity index is 1770. The van der Waals surface area contributed by atoms with Crippen molar-refractivity contribution >= 4 is 56.6 Å². The van der Waals surface area contributed by atoms with Crippen LogP contribution in [0.3, 0.4) is 0 Å². The molecule has 1 aliphatic rings. The Kier molecular flexibility index (Phi) is 9.23. The van der Waals surface area contributed by atoms with Gasteiger partial charge in [-0.15, -0.1) is 11.8 Å². The summed E-state index contributed by atoms with van der Waals surface area (Å²) in [6.07, 6.45) is -4.02. The number of hydrogen-bond acceptors (Lipinski definition) is 5. The summed E-state index contributed by atoms with van der Waals surface area (Å²) in [4.78, 5) is 27.0. The normalized spacial score (nSPS) is 15.3. The number of sulfonamides is 1. The minimum atomic E-state index is -4.75. The van der Waals surface area contributed by atoms with E-state index in [1.54, 1.807) is 12.1 Å². The van der Waals surface area contributed by atoms with Crippen LogP contribution in [-0.2, 0) is 27.4 Å². The molecule has 0 bridgehead atoms. The molecule has 4 aromatic carbocycles. The number of carbonyl (C=O) groups is 2. The fourth-order valence-electron chi connectivity index (χ4n) is 4.61. The lowest BCUT2D eigenvalue weighted by Crippen LogP contribution is -2.30. The molecule has 2 N–H and O–H groups in total. The molecule has 2 amide bonds. The van der Waals surface area contributed by atoms with Crippen molar-refractivity contribution in [1.29, 1.82) is 0 Å². The summed E-state index contributed by atoms with van der Waals surface area (Å²) in [5.74, 6) is 0.0249. The highest BCUT2D eigenvalue weighted by atomic mass is 35.5. The van der Waals surface area contributed by atoms with Crippen LogP contribution in [-0.4, -0.2) is 37.4 Å². The standard InChI is InChI=1S/C31H25ClF3N3O4S2/c32-27-15-12-24(18-26(27)31(33,34)35)37-44(41,42)25-13-10-23(11-14-25)36-29(40)21-6-8-22(9-7-21)30-38(28(39)19-43-30)17-16-20-4-2-1-3-5-20/h1-15,18,30,37H,16-17,19H2,(H,36,40)/t30-/m0/s1. The molecular formula is C31H25ClF3N3O4S2. The van der Waals surface area contributed by atoms with Gasteiger partial charge in [0.15, 0.2) is 0 Å². The third-order valence-electron chi connectivity index (χ3n) is 6.86. The number of thioether (sulfide) groups is 1. The summed E-state index contributed by atoms with van der Waals surface area (Å²) in [7, 11) is -4.23.